The lowest BCUT2D eigenvalue weighted by atomic mass is 9.79. The molecular formula is C21H29NO5. The number of allylic oxidation sites excluding steroid dienone is 2. The highest BCUT2D eigenvalue weighted by Gasteiger charge is 2.35. The lowest BCUT2D eigenvalue weighted by molar-refractivity contribution is -0.147. The molecule has 0 saturated carbocycles. The van der Waals surface area contributed by atoms with Crippen molar-refractivity contribution >= 4 is 11.9 Å². The molecule has 2 rings (SSSR count). The highest BCUT2D eigenvalue weighted by molar-refractivity contribution is 5.85. The van der Waals surface area contributed by atoms with Crippen molar-refractivity contribution in [1.82, 2.24) is 5.32 Å². The van der Waals surface area contributed by atoms with Gasteiger partial charge in [0.25, 0.3) is 0 Å². The van der Waals surface area contributed by atoms with Crippen LogP contribution in [-0.2, 0) is 16.0 Å². The first-order valence-electron chi connectivity index (χ1n) is 9.50. The second-order valence-electron chi connectivity index (χ2n) is 6.73. The van der Waals surface area contributed by atoms with Crippen LogP contribution in [0.3, 0.4) is 0 Å². The second kappa shape index (κ2) is 10.00. The van der Waals surface area contributed by atoms with E-state index < -0.39 is 17.8 Å². The van der Waals surface area contributed by atoms with Crippen LogP contribution in [0.1, 0.15) is 39.2 Å². The number of hydrogen-bond acceptors (Lipinski definition) is 4. The van der Waals surface area contributed by atoms with Crippen LogP contribution >= 0.6 is 0 Å². The summed E-state index contributed by atoms with van der Waals surface area (Å²) in [6, 6.07) is 5.75. The van der Waals surface area contributed by atoms with Crippen molar-refractivity contribution in [2.45, 2.75) is 40.0 Å². The average Bonchev–Trinajstić information content (AvgIpc) is 2.63. The monoisotopic (exact) mass is 375 g/mol. The third-order valence-corrected chi connectivity index (χ3v) is 4.72. The molecule has 0 bridgehead atoms. The number of carbonyl (C=O) groups is 2. The fourth-order valence-corrected chi connectivity index (χ4v) is 3.33. The van der Waals surface area contributed by atoms with Gasteiger partial charge >= 0.3 is 5.97 Å². The van der Waals surface area contributed by atoms with Gasteiger partial charge in [-0.1, -0.05) is 17.7 Å². The summed E-state index contributed by atoms with van der Waals surface area (Å²) in [6.45, 7) is 7.34. The summed E-state index contributed by atoms with van der Waals surface area (Å²) in [7, 11) is 0. The Morgan fingerprint density at radius 2 is 1.85 bits per heavy atom. The van der Waals surface area contributed by atoms with Crippen LogP contribution in [0, 0.1) is 11.8 Å². The minimum atomic E-state index is -0.910. The molecule has 0 fully saturated rings. The molecule has 0 aliphatic heterocycles. The first-order chi connectivity index (χ1) is 13.0. The predicted octanol–water partition coefficient (Wildman–Crippen LogP) is 3.20. The lowest BCUT2D eigenvalue weighted by Gasteiger charge is -2.26. The summed E-state index contributed by atoms with van der Waals surface area (Å²) < 4.78 is 11.2. The first-order valence-corrected chi connectivity index (χ1v) is 9.50. The molecule has 0 aromatic heterocycles. The van der Waals surface area contributed by atoms with Crippen LogP contribution < -0.4 is 14.8 Å². The summed E-state index contributed by atoms with van der Waals surface area (Å²) in [6.07, 6.45) is 3.46. The first kappa shape index (κ1) is 20.8. The molecule has 27 heavy (non-hydrogen) atoms. The predicted molar refractivity (Wildman–Crippen MR) is 103 cm³/mol. The molecular weight excluding hydrogens is 346 g/mol. The molecule has 6 heteroatoms. The number of rotatable bonds is 9. The van der Waals surface area contributed by atoms with Crippen LogP contribution in [0.2, 0.25) is 0 Å². The zero-order valence-electron chi connectivity index (χ0n) is 16.3. The Bertz CT molecular complexity index is 698. The highest BCUT2D eigenvalue weighted by atomic mass is 16.5. The van der Waals surface area contributed by atoms with Gasteiger partial charge in [0.2, 0.25) is 5.91 Å². The van der Waals surface area contributed by atoms with E-state index in [1.165, 1.54) is 0 Å². The Balaban J connectivity index is 1.95. The molecule has 0 radical (unpaired) electrons. The maximum absolute atomic E-state index is 12.5. The van der Waals surface area contributed by atoms with Gasteiger partial charge in [0.1, 0.15) is 0 Å². The standard InChI is InChI=1S/C21H29NO5/c1-4-26-18-9-7-15(13-19(18)27-5-2)10-11-22-20(23)17-12-14(3)6-8-16(17)21(24)25/h6-7,9,13,16-17H,4-5,8,10-12H2,1-3H3,(H,22,23)(H,24,25)/t16-,17-/m0/s1. The quantitative estimate of drug-likeness (QED) is 0.648. The van der Waals surface area contributed by atoms with Gasteiger partial charge in [-0.3, -0.25) is 9.59 Å². The molecule has 1 aliphatic rings. The van der Waals surface area contributed by atoms with Crippen LogP contribution in [0.5, 0.6) is 11.5 Å². The van der Waals surface area contributed by atoms with Crippen molar-refractivity contribution in [2.24, 2.45) is 11.8 Å². The van der Waals surface area contributed by atoms with E-state index in [9.17, 15) is 14.7 Å². The number of amides is 1. The van der Waals surface area contributed by atoms with E-state index in [1.54, 1.807) is 0 Å². The molecule has 2 atom stereocenters. The SMILES string of the molecule is CCOc1ccc(CCNC(=O)[C@H]2CC(C)=CC[C@@H]2C(=O)O)cc1OCC. The Hall–Kier alpha value is -2.50. The van der Waals surface area contributed by atoms with Crippen LogP contribution in [0.4, 0.5) is 0 Å². The fourth-order valence-electron chi connectivity index (χ4n) is 3.33. The smallest absolute Gasteiger partial charge is 0.307 e. The zero-order chi connectivity index (χ0) is 19.8. The van der Waals surface area contributed by atoms with Gasteiger partial charge in [0.05, 0.1) is 25.0 Å². The van der Waals surface area contributed by atoms with E-state index >= 15 is 0 Å². The fraction of sp³-hybridized carbons (Fsp3) is 0.524. The molecule has 1 aromatic rings. The number of benzene rings is 1. The molecule has 148 valence electrons. The minimum absolute atomic E-state index is 0.189. The van der Waals surface area contributed by atoms with Gasteiger partial charge in [0, 0.05) is 6.54 Å². The van der Waals surface area contributed by atoms with Crippen molar-refractivity contribution in [3.05, 3.63) is 35.4 Å². The number of hydrogen-bond donors (Lipinski definition) is 2. The van der Waals surface area contributed by atoms with Crippen LogP contribution in [0.15, 0.2) is 29.8 Å². The van der Waals surface area contributed by atoms with Gasteiger partial charge in [-0.05, 0) is 57.7 Å². The molecule has 0 spiro atoms. The molecule has 0 unspecified atom stereocenters. The maximum atomic E-state index is 12.5. The van der Waals surface area contributed by atoms with Crippen molar-refractivity contribution in [1.29, 1.82) is 0 Å². The molecule has 1 amide bonds. The number of ether oxygens (including phenoxy) is 2. The minimum Gasteiger partial charge on any atom is -0.490 e. The maximum Gasteiger partial charge on any atom is 0.307 e. The molecule has 1 aromatic carbocycles. The number of carboxylic acid groups (broad SMARTS) is 1. The number of aliphatic carboxylic acids is 1. The summed E-state index contributed by atoms with van der Waals surface area (Å²) in [4.78, 5) is 23.9. The van der Waals surface area contributed by atoms with E-state index in [0.29, 0.717) is 50.5 Å². The summed E-state index contributed by atoms with van der Waals surface area (Å²) in [5.74, 6) is -0.851. The summed E-state index contributed by atoms with van der Waals surface area (Å²) >= 11 is 0. The van der Waals surface area contributed by atoms with Crippen molar-refractivity contribution in [2.75, 3.05) is 19.8 Å². The molecule has 1 aliphatic carbocycles. The molecule has 0 saturated heterocycles. The molecule has 2 N–H and O–H groups in total. The van der Waals surface area contributed by atoms with Gasteiger partial charge in [-0.25, -0.2) is 0 Å². The Kier molecular flexibility index (Phi) is 7.70. The molecule has 6 nitrogen and oxygen atoms in total. The largest absolute Gasteiger partial charge is 0.490 e. The number of carbonyl (C=O) groups excluding carboxylic acids is 1. The second-order valence-corrected chi connectivity index (χ2v) is 6.73. The van der Waals surface area contributed by atoms with Gasteiger partial charge in [-0.15, -0.1) is 0 Å². The Morgan fingerprint density at radius 1 is 1.15 bits per heavy atom. The molecule has 0 heterocycles. The topological polar surface area (TPSA) is 84.9 Å². The normalized spacial score (nSPS) is 19.1. The third-order valence-electron chi connectivity index (χ3n) is 4.72. The van der Waals surface area contributed by atoms with Gasteiger partial charge < -0.3 is 19.9 Å². The van der Waals surface area contributed by atoms with E-state index in [4.69, 9.17) is 9.47 Å². The summed E-state index contributed by atoms with van der Waals surface area (Å²) in [5.41, 5.74) is 2.09. The highest BCUT2D eigenvalue weighted by Crippen LogP contribution is 2.30. The Morgan fingerprint density at radius 3 is 2.52 bits per heavy atom. The van der Waals surface area contributed by atoms with Gasteiger partial charge in [0.15, 0.2) is 11.5 Å². The van der Waals surface area contributed by atoms with E-state index in [0.717, 1.165) is 11.1 Å². The third kappa shape index (κ3) is 5.74. The van der Waals surface area contributed by atoms with Gasteiger partial charge in [-0.2, -0.15) is 0 Å². The summed E-state index contributed by atoms with van der Waals surface area (Å²) in [5, 5.41) is 12.3. The van der Waals surface area contributed by atoms with Crippen molar-refractivity contribution in [3.63, 3.8) is 0 Å². The van der Waals surface area contributed by atoms with E-state index in [2.05, 4.69) is 5.32 Å². The van der Waals surface area contributed by atoms with E-state index in [-0.39, 0.29) is 5.91 Å². The van der Waals surface area contributed by atoms with Crippen molar-refractivity contribution < 1.29 is 24.2 Å². The lowest BCUT2D eigenvalue weighted by Crippen LogP contribution is -2.40. The van der Waals surface area contributed by atoms with Crippen molar-refractivity contribution in [3.8, 4) is 11.5 Å². The van der Waals surface area contributed by atoms with Crippen LogP contribution in [0.25, 0.3) is 0 Å². The van der Waals surface area contributed by atoms with Crippen LogP contribution in [-0.4, -0.2) is 36.7 Å². The zero-order valence-corrected chi connectivity index (χ0v) is 16.3. The van der Waals surface area contributed by atoms with E-state index in [1.807, 2.05) is 45.0 Å². The average molecular weight is 375 g/mol. The number of carboxylic acids is 1. The number of nitrogens with one attached hydrogen (secondary N) is 1. The Labute approximate surface area is 160 Å².